The van der Waals surface area contributed by atoms with Crippen LogP contribution in [0.25, 0.3) is 6.08 Å². The SMILES string of the molecule is C#CCOc1c(Cl)cc(/C=C(\C#N)C(=O)c2ccccc2F)cc1OC. The van der Waals surface area contributed by atoms with Gasteiger partial charge in [0, 0.05) is 0 Å². The van der Waals surface area contributed by atoms with Gasteiger partial charge in [0.05, 0.1) is 17.7 Å². The van der Waals surface area contributed by atoms with Crippen molar-refractivity contribution in [3.63, 3.8) is 0 Å². The molecule has 2 rings (SSSR count). The maximum Gasteiger partial charge on any atom is 0.206 e. The van der Waals surface area contributed by atoms with Gasteiger partial charge in [-0.3, -0.25) is 4.79 Å². The van der Waals surface area contributed by atoms with Crippen molar-refractivity contribution in [1.29, 1.82) is 5.26 Å². The molecule has 0 N–H and O–H groups in total. The molecule has 0 saturated heterocycles. The lowest BCUT2D eigenvalue weighted by atomic mass is 10.0. The fourth-order valence-corrected chi connectivity index (χ4v) is 2.46. The Morgan fingerprint density at radius 2 is 2.12 bits per heavy atom. The summed E-state index contributed by atoms with van der Waals surface area (Å²) in [5.74, 6) is 1.43. The molecule has 0 aliphatic heterocycles. The largest absolute Gasteiger partial charge is 0.493 e. The molecule has 26 heavy (non-hydrogen) atoms. The number of ketones is 1. The van der Waals surface area contributed by atoms with Crippen LogP contribution in [0.4, 0.5) is 4.39 Å². The molecule has 0 aliphatic carbocycles. The van der Waals surface area contributed by atoms with Crippen LogP contribution in [0.1, 0.15) is 15.9 Å². The van der Waals surface area contributed by atoms with Crippen molar-refractivity contribution < 1.29 is 18.7 Å². The Bertz CT molecular complexity index is 955. The number of carbonyl (C=O) groups is 1. The van der Waals surface area contributed by atoms with Crippen molar-refractivity contribution in [1.82, 2.24) is 0 Å². The maximum atomic E-state index is 13.8. The molecule has 0 radical (unpaired) electrons. The fourth-order valence-electron chi connectivity index (χ4n) is 2.18. The van der Waals surface area contributed by atoms with E-state index in [0.29, 0.717) is 5.56 Å². The molecule has 0 atom stereocenters. The lowest BCUT2D eigenvalue weighted by molar-refractivity contribution is 0.103. The highest BCUT2D eigenvalue weighted by atomic mass is 35.5. The van der Waals surface area contributed by atoms with E-state index in [1.54, 1.807) is 6.07 Å². The normalized spacial score (nSPS) is 10.6. The first-order valence-electron chi connectivity index (χ1n) is 7.36. The smallest absolute Gasteiger partial charge is 0.206 e. The van der Waals surface area contributed by atoms with Gasteiger partial charge in [0.2, 0.25) is 5.78 Å². The number of allylic oxidation sites excluding steroid dienone is 1. The van der Waals surface area contributed by atoms with E-state index in [1.807, 2.05) is 0 Å². The number of carbonyl (C=O) groups excluding carboxylic acids is 1. The van der Waals surface area contributed by atoms with Crippen molar-refractivity contribution in [2.75, 3.05) is 13.7 Å². The lowest BCUT2D eigenvalue weighted by Gasteiger charge is -2.11. The molecule has 0 aliphatic rings. The summed E-state index contributed by atoms with van der Waals surface area (Å²) in [6.45, 7) is 0.000478. The van der Waals surface area contributed by atoms with E-state index >= 15 is 0 Å². The predicted molar refractivity (Wildman–Crippen MR) is 96.7 cm³/mol. The highest BCUT2D eigenvalue weighted by Gasteiger charge is 2.17. The predicted octanol–water partition coefficient (Wildman–Crippen LogP) is 4.29. The average molecular weight is 370 g/mol. The number of hydrogen-bond acceptors (Lipinski definition) is 4. The second-order valence-corrected chi connectivity index (χ2v) is 5.41. The third-order valence-electron chi connectivity index (χ3n) is 3.35. The van der Waals surface area contributed by atoms with Crippen LogP contribution in [0.2, 0.25) is 5.02 Å². The summed E-state index contributed by atoms with van der Waals surface area (Å²) in [7, 11) is 1.41. The Hall–Kier alpha value is -3.28. The summed E-state index contributed by atoms with van der Waals surface area (Å²) < 4.78 is 24.3. The number of nitriles is 1. The van der Waals surface area contributed by atoms with E-state index < -0.39 is 11.6 Å². The van der Waals surface area contributed by atoms with Crippen LogP contribution in [-0.4, -0.2) is 19.5 Å². The number of methoxy groups -OCH3 is 1. The zero-order valence-corrected chi connectivity index (χ0v) is 14.5. The Morgan fingerprint density at radius 1 is 1.38 bits per heavy atom. The summed E-state index contributed by atoms with van der Waals surface area (Å²) in [5, 5.41) is 9.50. The van der Waals surface area contributed by atoms with Gasteiger partial charge in [-0.2, -0.15) is 5.26 Å². The van der Waals surface area contributed by atoms with Crippen molar-refractivity contribution in [3.05, 3.63) is 63.9 Å². The summed E-state index contributed by atoms with van der Waals surface area (Å²) >= 11 is 6.17. The van der Waals surface area contributed by atoms with Crippen LogP contribution in [-0.2, 0) is 0 Å². The Balaban J connectivity index is 2.45. The summed E-state index contributed by atoms with van der Waals surface area (Å²) in [6.07, 6.45) is 6.46. The minimum atomic E-state index is -0.728. The van der Waals surface area contributed by atoms with E-state index in [1.165, 1.54) is 43.5 Å². The van der Waals surface area contributed by atoms with Gasteiger partial charge in [-0.1, -0.05) is 29.7 Å². The van der Waals surface area contributed by atoms with Crippen LogP contribution in [0, 0.1) is 29.5 Å². The van der Waals surface area contributed by atoms with Gasteiger partial charge in [0.25, 0.3) is 0 Å². The number of ether oxygens (including phenoxy) is 2. The van der Waals surface area contributed by atoms with E-state index in [0.717, 1.165) is 6.07 Å². The number of halogens is 2. The topological polar surface area (TPSA) is 59.3 Å². The van der Waals surface area contributed by atoms with Gasteiger partial charge in [0.15, 0.2) is 11.5 Å². The van der Waals surface area contributed by atoms with Crippen molar-refractivity contribution >= 4 is 23.5 Å². The highest BCUT2D eigenvalue weighted by molar-refractivity contribution is 6.32. The van der Waals surface area contributed by atoms with Crippen LogP contribution in [0.15, 0.2) is 42.0 Å². The monoisotopic (exact) mass is 369 g/mol. The molecule has 6 heteroatoms. The standard InChI is InChI=1S/C20H13ClFNO3/c1-3-8-26-20-16(21)10-13(11-18(20)25-2)9-14(12-23)19(24)15-6-4-5-7-17(15)22/h1,4-7,9-11H,8H2,2H3/b14-9+. The first-order valence-corrected chi connectivity index (χ1v) is 7.74. The fraction of sp³-hybridized carbons (Fsp3) is 0.100. The first-order chi connectivity index (χ1) is 12.5. The third-order valence-corrected chi connectivity index (χ3v) is 3.63. The van der Waals surface area contributed by atoms with Gasteiger partial charge < -0.3 is 9.47 Å². The molecule has 0 spiro atoms. The molecule has 0 aromatic heterocycles. The molecule has 0 heterocycles. The molecule has 0 unspecified atom stereocenters. The van der Waals surface area contributed by atoms with Crippen molar-refractivity contribution in [3.8, 4) is 29.9 Å². The Kier molecular flexibility index (Phi) is 6.38. The van der Waals surface area contributed by atoms with Gasteiger partial charge >= 0.3 is 0 Å². The van der Waals surface area contributed by atoms with E-state index in [9.17, 15) is 14.4 Å². The Morgan fingerprint density at radius 3 is 2.73 bits per heavy atom. The molecular weight excluding hydrogens is 357 g/mol. The van der Waals surface area contributed by atoms with Crippen LogP contribution < -0.4 is 9.47 Å². The number of hydrogen-bond donors (Lipinski definition) is 0. The quantitative estimate of drug-likeness (QED) is 0.330. The van der Waals surface area contributed by atoms with E-state index in [4.69, 9.17) is 27.5 Å². The molecule has 2 aromatic carbocycles. The Labute approximate surface area is 155 Å². The first kappa shape index (κ1) is 19.1. The molecule has 0 saturated carbocycles. The van der Waals surface area contributed by atoms with Gasteiger partial charge in [-0.15, -0.1) is 6.42 Å². The van der Waals surface area contributed by atoms with E-state index in [-0.39, 0.29) is 34.3 Å². The number of nitrogens with zero attached hydrogens (tertiary/aromatic N) is 1. The minimum absolute atomic E-state index is 0.000478. The van der Waals surface area contributed by atoms with Crippen LogP contribution >= 0.6 is 11.6 Å². The van der Waals surface area contributed by atoms with Gasteiger partial charge in [-0.05, 0) is 35.9 Å². The summed E-state index contributed by atoms with van der Waals surface area (Å²) in [4.78, 5) is 12.4. The molecule has 2 aromatic rings. The molecular formula is C20H13ClFNO3. The summed E-state index contributed by atoms with van der Waals surface area (Å²) in [6, 6.07) is 10.2. The number of Topliss-reactive ketones (excluding diaryl/α,β-unsaturated/α-hetero) is 1. The molecule has 0 bridgehead atoms. The average Bonchev–Trinajstić information content (AvgIpc) is 2.64. The van der Waals surface area contributed by atoms with Crippen LogP contribution in [0.5, 0.6) is 11.5 Å². The van der Waals surface area contributed by atoms with Gasteiger partial charge in [0.1, 0.15) is 24.1 Å². The lowest BCUT2D eigenvalue weighted by Crippen LogP contribution is -2.04. The summed E-state index contributed by atoms with van der Waals surface area (Å²) in [5.41, 5.74) is -0.0148. The van der Waals surface area contributed by atoms with Crippen LogP contribution in [0.3, 0.4) is 0 Å². The van der Waals surface area contributed by atoms with Gasteiger partial charge in [-0.25, -0.2) is 4.39 Å². The number of rotatable bonds is 6. The molecule has 0 fully saturated rings. The van der Waals surface area contributed by atoms with Crippen molar-refractivity contribution in [2.24, 2.45) is 0 Å². The molecule has 130 valence electrons. The van der Waals surface area contributed by atoms with E-state index in [2.05, 4.69) is 5.92 Å². The molecule has 0 amide bonds. The minimum Gasteiger partial charge on any atom is -0.493 e. The molecule has 4 nitrogen and oxygen atoms in total. The number of terminal acetylenes is 1. The zero-order chi connectivity index (χ0) is 19.1. The van der Waals surface area contributed by atoms with Crippen molar-refractivity contribution in [2.45, 2.75) is 0 Å². The second kappa shape index (κ2) is 8.71. The highest BCUT2D eigenvalue weighted by Crippen LogP contribution is 2.37. The number of benzene rings is 2. The zero-order valence-electron chi connectivity index (χ0n) is 13.8. The third kappa shape index (κ3) is 4.22. The maximum absolute atomic E-state index is 13.8. The second-order valence-electron chi connectivity index (χ2n) is 5.01.